The van der Waals surface area contributed by atoms with Gasteiger partial charge in [-0.1, -0.05) is 18.2 Å². The highest BCUT2D eigenvalue weighted by Gasteiger charge is 2.31. The standard InChI is InChI=1S/C22H24N2O4/c1-26-20-10-15-8-9-24(14-17-7-5-4-6-16(17)13-23)19(12-22(25)28-3)18(15)11-21(20)27-2/h4-7,10-11,19H,8-9,12,14H2,1-3H3/t19-/m0/s1. The number of hydrogen-bond donors (Lipinski definition) is 0. The molecule has 0 radical (unpaired) electrons. The van der Waals surface area contributed by atoms with Crippen LogP contribution in [0.4, 0.5) is 0 Å². The third kappa shape index (κ3) is 3.95. The number of nitriles is 1. The summed E-state index contributed by atoms with van der Waals surface area (Å²) in [5, 5.41) is 9.41. The first-order valence-corrected chi connectivity index (χ1v) is 9.15. The SMILES string of the molecule is COC(=O)C[C@H]1c2cc(OC)c(OC)cc2CCN1Cc1ccccc1C#N. The molecule has 6 heteroatoms. The molecule has 2 aromatic rings. The van der Waals surface area contributed by atoms with Crippen molar-refractivity contribution in [2.45, 2.75) is 25.4 Å². The summed E-state index contributed by atoms with van der Waals surface area (Å²) in [7, 11) is 4.61. The average molecular weight is 380 g/mol. The van der Waals surface area contributed by atoms with Crippen LogP contribution >= 0.6 is 0 Å². The van der Waals surface area contributed by atoms with Crippen LogP contribution in [0.5, 0.6) is 11.5 Å². The van der Waals surface area contributed by atoms with Gasteiger partial charge in [-0.15, -0.1) is 0 Å². The Morgan fingerprint density at radius 2 is 1.89 bits per heavy atom. The molecule has 3 rings (SSSR count). The Kier molecular flexibility index (Phi) is 6.17. The Morgan fingerprint density at radius 3 is 2.57 bits per heavy atom. The predicted molar refractivity (Wildman–Crippen MR) is 104 cm³/mol. The van der Waals surface area contributed by atoms with Crippen LogP contribution in [0.3, 0.4) is 0 Å². The Balaban J connectivity index is 2.00. The van der Waals surface area contributed by atoms with Crippen LogP contribution in [0.2, 0.25) is 0 Å². The number of fused-ring (bicyclic) bond motifs is 1. The molecule has 146 valence electrons. The van der Waals surface area contributed by atoms with Crippen molar-refractivity contribution in [2.24, 2.45) is 0 Å². The highest BCUT2D eigenvalue weighted by atomic mass is 16.5. The van der Waals surface area contributed by atoms with E-state index in [2.05, 4.69) is 11.0 Å². The lowest BCUT2D eigenvalue weighted by Gasteiger charge is -2.37. The summed E-state index contributed by atoms with van der Waals surface area (Å²) in [6.07, 6.45) is 1.05. The van der Waals surface area contributed by atoms with Crippen LogP contribution in [0.1, 0.15) is 34.7 Å². The predicted octanol–water partition coefficient (Wildman–Crippen LogP) is 3.24. The number of hydrogen-bond acceptors (Lipinski definition) is 6. The van der Waals surface area contributed by atoms with Crippen molar-refractivity contribution in [3.63, 3.8) is 0 Å². The number of ether oxygens (including phenoxy) is 3. The molecule has 0 fully saturated rings. The van der Waals surface area contributed by atoms with E-state index in [-0.39, 0.29) is 18.4 Å². The zero-order valence-corrected chi connectivity index (χ0v) is 16.4. The highest BCUT2D eigenvalue weighted by molar-refractivity contribution is 5.70. The minimum Gasteiger partial charge on any atom is -0.493 e. The van der Waals surface area contributed by atoms with Gasteiger partial charge >= 0.3 is 5.97 Å². The molecular formula is C22H24N2O4. The summed E-state index contributed by atoms with van der Waals surface area (Å²) in [5.74, 6) is 1.04. The van der Waals surface area contributed by atoms with Gasteiger partial charge in [0.2, 0.25) is 0 Å². The molecule has 0 aromatic heterocycles. The molecule has 0 N–H and O–H groups in total. The molecule has 2 aromatic carbocycles. The lowest BCUT2D eigenvalue weighted by atomic mass is 9.89. The third-order valence-corrected chi connectivity index (χ3v) is 5.21. The molecule has 0 aliphatic carbocycles. The largest absolute Gasteiger partial charge is 0.493 e. The smallest absolute Gasteiger partial charge is 0.307 e. The van der Waals surface area contributed by atoms with E-state index in [1.165, 1.54) is 7.11 Å². The molecule has 6 nitrogen and oxygen atoms in total. The van der Waals surface area contributed by atoms with Crippen LogP contribution in [-0.2, 0) is 22.5 Å². The van der Waals surface area contributed by atoms with Gasteiger partial charge in [0.25, 0.3) is 0 Å². The van der Waals surface area contributed by atoms with Gasteiger partial charge in [-0.2, -0.15) is 5.26 Å². The monoisotopic (exact) mass is 380 g/mol. The molecular weight excluding hydrogens is 356 g/mol. The molecule has 1 aliphatic rings. The molecule has 0 saturated heterocycles. The number of carbonyl (C=O) groups excluding carboxylic acids is 1. The lowest BCUT2D eigenvalue weighted by Crippen LogP contribution is -2.36. The fourth-order valence-electron chi connectivity index (χ4n) is 3.74. The van der Waals surface area contributed by atoms with Crippen LogP contribution in [0.15, 0.2) is 36.4 Å². The fourth-order valence-corrected chi connectivity index (χ4v) is 3.74. The summed E-state index contributed by atoms with van der Waals surface area (Å²) in [6.45, 7) is 1.35. The first-order chi connectivity index (χ1) is 13.6. The van der Waals surface area contributed by atoms with Crippen molar-refractivity contribution >= 4 is 5.97 Å². The van der Waals surface area contributed by atoms with Crippen LogP contribution in [-0.4, -0.2) is 38.7 Å². The molecule has 0 spiro atoms. The number of nitrogens with zero attached hydrogens (tertiary/aromatic N) is 2. The summed E-state index contributed by atoms with van der Waals surface area (Å²) in [5.41, 5.74) is 3.77. The minimum absolute atomic E-state index is 0.164. The van der Waals surface area contributed by atoms with Crippen LogP contribution in [0.25, 0.3) is 0 Å². The molecule has 1 atom stereocenters. The Bertz CT molecular complexity index is 904. The van der Waals surface area contributed by atoms with Gasteiger partial charge in [-0.3, -0.25) is 9.69 Å². The highest BCUT2D eigenvalue weighted by Crippen LogP contribution is 2.40. The maximum atomic E-state index is 12.1. The maximum Gasteiger partial charge on any atom is 0.307 e. The van der Waals surface area contributed by atoms with Crippen molar-refractivity contribution in [3.8, 4) is 17.6 Å². The van der Waals surface area contributed by atoms with Gasteiger partial charge in [0.05, 0.1) is 39.4 Å². The van der Waals surface area contributed by atoms with Crippen molar-refractivity contribution in [1.29, 1.82) is 5.26 Å². The summed E-state index contributed by atoms with van der Waals surface area (Å²) in [6, 6.07) is 13.6. The van der Waals surface area contributed by atoms with E-state index < -0.39 is 0 Å². The second-order valence-corrected chi connectivity index (χ2v) is 6.69. The van der Waals surface area contributed by atoms with Gasteiger partial charge in [-0.05, 0) is 41.3 Å². The number of esters is 1. The molecule has 0 amide bonds. The third-order valence-electron chi connectivity index (χ3n) is 5.21. The van der Waals surface area contributed by atoms with Gasteiger partial charge < -0.3 is 14.2 Å². The first kappa shape index (κ1) is 19.7. The van der Waals surface area contributed by atoms with Gasteiger partial charge in [0.1, 0.15) is 0 Å². The van der Waals surface area contributed by atoms with Crippen LogP contribution < -0.4 is 9.47 Å². The van der Waals surface area contributed by atoms with E-state index in [4.69, 9.17) is 14.2 Å². The Hall–Kier alpha value is -3.04. The summed E-state index contributed by atoms with van der Waals surface area (Å²) < 4.78 is 15.8. The molecule has 0 bridgehead atoms. The first-order valence-electron chi connectivity index (χ1n) is 9.15. The molecule has 1 heterocycles. The van der Waals surface area contributed by atoms with Gasteiger partial charge in [0, 0.05) is 19.1 Å². The Labute approximate surface area is 165 Å². The van der Waals surface area contributed by atoms with Gasteiger partial charge in [-0.25, -0.2) is 0 Å². The zero-order valence-electron chi connectivity index (χ0n) is 16.4. The van der Waals surface area contributed by atoms with Crippen LogP contribution in [0, 0.1) is 11.3 Å². The van der Waals surface area contributed by atoms with Crippen molar-refractivity contribution in [3.05, 3.63) is 58.7 Å². The summed E-state index contributed by atoms with van der Waals surface area (Å²) in [4.78, 5) is 14.4. The number of methoxy groups -OCH3 is 3. The Morgan fingerprint density at radius 1 is 1.18 bits per heavy atom. The minimum atomic E-state index is -0.272. The molecule has 0 saturated carbocycles. The number of benzene rings is 2. The second-order valence-electron chi connectivity index (χ2n) is 6.69. The van der Waals surface area contributed by atoms with Crippen molar-refractivity contribution < 1.29 is 19.0 Å². The lowest BCUT2D eigenvalue weighted by molar-refractivity contribution is -0.142. The number of carbonyl (C=O) groups is 1. The van der Waals surface area contributed by atoms with E-state index in [0.717, 1.165) is 29.7 Å². The maximum absolute atomic E-state index is 12.1. The molecule has 0 unspecified atom stereocenters. The van der Waals surface area contributed by atoms with E-state index in [0.29, 0.717) is 23.6 Å². The number of rotatable bonds is 6. The van der Waals surface area contributed by atoms with Gasteiger partial charge in [0.15, 0.2) is 11.5 Å². The van der Waals surface area contributed by atoms with E-state index >= 15 is 0 Å². The average Bonchev–Trinajstić information content (AvgIpc) is 2.74. The van der Waals surface area contributed by atoms with E-state index in [9.17, 15) is 10.1 Å². The zero-order chi connectivity index (χ0) is 20.1. The normalized spacial score (nSPS) is 16.0. The fraction of sp³-hybridized carbons (Fsp3) is 0.364. The van der Waals surface area contributed by atoms with Crippen molar-refractivity contribution in [1.82, 2.24) is 4.90 Å². The topological polar surface area (TPSA) is 71.8 Å². The second kappa shape index (κ2) is 8.77. The molecule has 28 heavy (non-hydrogen) atoms. The summed E-state index contributed by atoms with van der Waals surface area (Å²) >= 11 is 0. The quantitative estimate of drug-likeness (QED) is 0.717. The van der Waals surface area contributed by atoms with Crippen molar-refractivity contribution in [2.75, 3.05) is 27.9 Å². The molecule has 1 aliphatic heterocycles. The van der Waals surface area contributed by atoms with E-state index in [1.54, 1.807) is 14.2 Å². The van der Waals surface area contributed by atoms with E-state index in [1.807, 2.05) is 36.4 Å².